The number of pyridine rings is 1. The number of rotatable bonds is 7. The number of epoxide rings is 1. The van der Waals surface area contributed by atoms with Crippen LogP contribution in [0.2, 0.25) is 5.15 Å². The van der Waals surface area contributed by atoms with Crippen molar-refractivity contribution in [2.75, 3.05) is 6.61 Å². The van der Waals surface area contributed by atoms with Gasteiger partial charge in [0, 0.05) is 11.9 Å². The van der Waals surface area contributed by atoms with Crippen molar-refractivity contribution in [1.29, 1.82) is 0 Å². The van der Waals surface area contributed by atoms with Crippen LogP contribution in [0.3, 0.4) is 0 Å². The van der Waals surface area contributed by atoms with Gasteiger partial charge >= 0.3 is 6.09 Å². The number of halogens is 1. The van der Waals surface area contributed by atoms with Gasteiger partial charge in [0.15, 0.2) is 0 Å². The highest BCUT2D eigenvalue weighted by Crippen LogP contribution is 2.42. The molecule has 3 atom stereocenters. The van der Waals surface area contributed by atoms with Crippen molar-refractivity contribution in [1.82, 2.24) is 19.8 Å². The van der Waals surface area contributed by atoms with Crippen LogP contribution in [0.5, 0.6) is 0 Å². The fourth-order valence-corrected chi connectivity index (χ4v) is 3.62. The third kappa shape index (κ3) is 3.91. The van der Waals surface area contributed by atoms with E-state index in [0.717, 1.165) is 21.5 Å². The summed E-state index contributed by atoms with van der Waals surface area (Å²) in [6.45, 7) is 4.55. The van der Waals surface area contributed by atoms with E-state index in [9.17, 15) is 9.90 Å². The Bertz CT molecular complexity index is 1030. The zero-order chi connectivity index (χ0) is 20.5. The van der Waals surface area contributed by atoms with Gasteiger partial charge in [-0.15, -0.1) is 0 Å². The van der Waals surface area contributed by atoms with E-state index in [4.69, 9.17) is 21.2 Å². The molecule has 152 valence electrons. The first-order valence-electron chi connectivity index (χ1n) is 9.37. The van der Waals surface area contributed by atoms with Crippen LogP contribution in [0.15, 0.2) is 42.6 Å². The number of ether oxygens (including phenoxy) is 1. The second-order valence-electron chi connectivity index (χ2n) is 6.81. The van der Waals surface area contributed by atoms with Gasteiger partial charge in [0.2, 0.25) is 0 Å². The molecule has 0 aliphatic carbocycles. The summed E-state index contributed by atoms with van der Waals surface area (Å²) in [6, 6.07) is 10.6. The van der Waals surface area contributed by atoms with Crippen molar-refractivity contribution >= 4 is 28.6 Å². The number of aryl methyl sites for hydroxylation is 1. The predicted octanol–water partition coefficient (Wildman–Crippen LogP) is 4.22. The molecule has 1 saturated heterocycles. The Morgan fingerprint density at radius 3 is 2.86 bits per heavy atom. The van der Waals surface area contributed by atoms with Crippen molar-refractivity contribution in [2.45, 2.75) is 38.6 Å². The molecule has 1 aliphatic heterocycles. The second kappa shape index (κ2) is 7.98. The quantitative estimate of drug-likeness (QED) is 0.352. The first kappa shape index (κ1) is 19.6. The van der Waals surface area contributed by atoms with Crippen LogP contribution in [-0.2, 0) is 16.1 Å². The van der Waals surface area contributed by atoms with E-state index in [1.54, 1.807) is 19.2 Å². The summed E-state index contributed by atoms with van der Waals surface area (Å²) in [5.41, 5.74) is 2.41. The number of hydrogen-bond donors (Lipinski definition) is 1. The normalized spacial score (nSPS) is 19.3. The zero-order valence-electron chi connectivity index (χ0n) is 16.0. The molecule has 0 radical (unpaired) electrons. The van der Waals surface area contributed by atoms with E-state index < -0.39 is 12.1 Å². The summed E-state index contributed by atoms with van der Waals surface area (Å²) in [6.07, 6.45) is -0.0433. The minimum Gasteiger partial charge on any atom is -0.463 e. The van der Waals surface area contributed by atoms with Crippen LogP contribution in [-0.4, -0.2) is 43.7 Å². The van der Waals surface area contributed by atoms with Crippen molar-refractivity contribution in [3.05, 3.63) is 59.0 Å². The zero-order valence-corrected chi connectivity index (χ0v) is 16.8. The number of nitrogens with zero attached hydrogens (tertiary/aromatic N) is 4. The third-order valence-electron chi connectivity index (χ3n) is 4.96. The van der Waals surface area contributed by atoms with Crippen molar-refractivity contribution in [2.24, 2.45) is 0 Å². The van der Waals surface area contributed by atoms with E-state index in [0.29, 0.717) is 17.4 Å². The van der Waals surface area contributed by atoms with Crippen LogP contribution in [0, 0.1) is 0 Å². The summed E-state index contributed by atoms with van der Waals surface area (Å²) in [5.74, 6) is 0. The Balaban J connectivity index is 1.48. The van der Waals surface area contributed by atoms with Gasteiger partial charge in [0.25, 0.3) is 0 Å². The predicted molar refractivity (Wildman–Crippen MR) is 106 cm³/mol. The van der Waals surface area contributed by atoms with Gasteiger partial charge in [0.1, 0.15) is 24.0 Å². The van der Waals surface area contributed by atoms with Crippen LogP contribution in [0.1, 0.15) is 37.3 Å². The Morgan fingerprint density at radius 2 is 2.17 bits per heavy atom. The average molecular weight is 417 g/mol. The standard InChI is InChI=1S/C20H21ClN4O4/c1-3-24-18-14(10-22-24)9-16(21)23-17(18)19-15(29-19)11-28-25(20(26)27)12(2)13-7-5-4-6-8-13/h4-10,12,15,19H,3,11H2,1-2H3,(H,26,27). The first-order valence-corrected chi connectivity index (χ1v) is 9.74. The number of carboxylic acid groups (broad SMARTS) is 1. The van der Waals surface area contributed by atoms with Crippen molar-refractivity contribution in [3.63, 3.8) is 0 Å². The highest BCUT2D eigenvalue weighted by Gasteiger charge is 2.44. The smallest absolute Gasteiger partial charge is 0.432 e. The molecular formula is C20H21ClN4O4. The summed E-state index contributed by atoms with van der Waals surface area (Å²) in [7, 11) is 0. The summed E-state index contributed by atoms with van der Waals surface area (Å²) < 4.78 is 7.59. The molecule has 3 unspecified atom stereocenters. The number of carbonyl (C=O) groups is 1. The number of hydrogen-bond acceptors (Lipinski definition) is 5. The highest BCUT2D eigenvalue weighted by molar-refractivity contribution is 6.30. The summed E-state index contributed by atoms with van der Waals surface area (Å²) in [4.78, 5) is 21.7. The lowest BCUT2D eigenvalue weighted by atomic mass is 10.1. The van der Waals surface area contributed by atoms with Crippen LogP contribution in [0.4, 0.5) is 4.79 Å². The van der Waals surface area contributed by atoms with Crippen LogP contribution >= 0.6 is 11.6 Å². The van der Waals surface area contributed by atoms with Crippen LogP contribution < -0.4 is 0 Å². The molecule has 0 bridgehead atoms. The third-order valence-corrected chi connectivity index (χ3v) is 5.16. The van der Waals surface area contributed by atoms with E-state index >= 15 is 0 Å². The Labute approximate surface area is 172 Å². The van der Waals surface area contributed by atoms with Gasteiger partial charge in [-0.05, 0) is 25.5 Å². The summed E-state index contributed by atoms with van der Waals surface area (Å²) in [5, 5.41) is 16.1. The first-order chi connectivity index (χ1) is 14.0. The molecule has 0 spiro atoms. The molecule has 2 aromatic heterocycles. The number of amides is 1. The highest BCUT2D eigenvalue weighted by atomic mass is 35.5. The molecule has 1 N–H and O–H groups in total. The maximum absolute atomic E-state index is 11.7. The van der Waals surface area contributed by atoms with Crippen molar-refractivity contribution < 1.29 is 19.5 Å². The van der Waals surface area contributed by atoms with E-state index in [2.05, 4.69) is 10.1 Å². The molecule has 3 heterocycles. The second-order valence-corrected chi connectivity index (χ2v) is 7.20. The monoisotopic (exact) mass is 416 g/mol. The van der Waals surface area contributed by atoms with Gasteiger partial charge in [-0.1, -0.05) is 41.9 Å². The molecular weight excluding hydrogens is 396 g/mol. The fraction of sp³-hybridized carbons (Fsp3) is 0.350. The SMILES string of the molecule is CCn1ncc2cc(Cl)nc(C3OC3CON(C(=O)O)C(C)c3ccccc3)c21. The van der Waals surface area contributed by atoms with Crippen molar-refractivity contribution in [3.8, 4) is 0 Å². The van der Waals surface area contributed by atoms with E-state index in [-0.39, 0.29) is 18.8 Å². The Hall–Kier alpha value is -2.68. The van der Waals surface area contributed by atoms with E-state index in [1.165, 1.54) is 0 Å². The lowest BCUT2D eigenvalue weighted by Gasteiger charge is -2.25. The van der Waals surface area contributed by atoms with Crippen LogP contribution in [0.25, 0.3) is 10.9 Å². The molecule has 0 saturated carbocycles. The fourth-order valence-electron chi connectivity index (χ4n) is 3.42. The van der Waals surface area contributed by atoms with Gasteiger partial charge < -0.3 is 9.84 Å². The molecule has 1 aromatic carbocycles. The van der Waals surface area contributed by atoms with E-state index in [1.807, 2.05) is 41.9 Å². The minimum absolute atomic E-state index is 0.0874. The lowest BCUT2D eigenvalue weighted by molar-refractivity contribution is -0.158. The van der Waals surface area contributed by atoms with Gasteiger partial charge in [0.05, 0.1) is 23.4 Å². The van der Waals surface area contributed by atoms with Gasteiger partial charge in [-0.25, -0.2) is 9.78 Å². The molecule has 4 rings (SSSR count). The largest absolute Gasteiger partial charge is 0.463 e. The molecule has 1 amide bonds. The minimum atomic E-state index is -1.16. The molecule has 8 nitrogen and oxygen atoms in total. The Morgan fingerprint density at radius 1 is 1.41 bits per heavy atom. The molecule has 3 aromatic rings. The lowest BCUT2D eigenvalue weighted by Crippen LogP contribution is -2.33. The number of hydroxylamine groups is 2. The molecule has 1 aliphatic rings. The molecule has 1 fully saturated rings. The number of benzene rings is 1. The Kier molecular flexibility index (Phi) is 5.40. The molecule has 9 heteroatoms. The maximum atomic E-state index is 11.7. The van der Waals surface area contributed by atoms with Gasteiger partial charge in [-0.3, -0.25) is 9.52 Å². The average Bonchev–Trinajstić information content (AvgIpc) is 3.37. The van der Waals surface area contributed by atoms with Gasteiger partial charge in [-0.2, -0.15) is 10.2 Å². The number of aromatic nitrogens is 3. The topological polar surface area (TPSA) is 93.0 Å². The number of fused-ring (bicyclic) bond motifs is 1. The summed E-state index contributed by atoms with van der Waals surface area (Å²) >= 11 is 6.15. The maximum Gasteiger partial charge on any atom is 0.432 e. The molecule has 29 heavy (non-hydrogen) atoms.